The van der Waals surface area contributed by atoms with Gasteiger partial charge < -0.3 is 15.2 Å². The molecule has 0 aliphatic heterocycles. The Labute approximate surface area is 112 Å². The molecule has 0 radical (unpaired) electrons. The Balaban J connectivity index is 2.64. The largest absolute Gasteiger partial charge is 0.480 e. The Bertz CT molecular complexity index is 437. The molecule has 1 rings (SSSR count). The van der Waals surface area contributed by atoms with Gasteiger partial charge in [0.25, 0.3) is 0 Å². The SMILES string of the molecule is CC(C)(C)OC(=O)NC(Cc1ccccc1)[13C](=O)O. The Hall–Kier alpha value is -2.04. The highest BCUT2D eigenvalue weighted by molar-refractivity contribution is 5.80. The molecule has 0 saturated carbocycles. The maximum Gasteiger partial charge on any atom is 0.408 e. The van der Waals surface area contributed by atoms with Crippen LogP contribution in [-0.2, 0) is 16.0 Å². The zero-order valence-electron chi connectivity index (χ0n) is 11.3. The molecule has 104 valence electrons. The number of alkyl carbamates (subject to hydrolysis) is 1. The number of benzene rings is 1. The van der Waals surface area contributed by atoms with Gasteiger partial charge in [-0.1, -0.05) is 30.3 Å². The van der Waals surface area contributed by atoms with Gasteiger partial charge in [0.05, 0.1) is 0 Å². The second-order valence-corrected chi connectivity index (χ2v) is 5.23. The van der Waals surface area contributed by atoms with Crippen LogP contribution >= 0.6 is 0 Å². The van der Waals surface area contributed by atoms with Crippen LogP contribution in [0, 0.1) is 0 Å². The molecule has 0 saturated heterocycles. The maximum atomic E-state index is 11.6. The number of carboxylic acid groups (broad SMARTS) is 1. The number of hydrogen-bond acceptors (Lipinski definition) is 3. The maximum absolute atomic E-state index is 11.6. The van der Waals surface area contributed by atoms with E-state index in [-0.39, 0.29) is 6.42 Å². The highest BCUT2D eigenvalue weighted by atomic mass is 16.6. The van der Waals surface area contributed by atoms with Gasteiger partial charge in [-0.25, -0.2) is 9.59 Å². The van der Waals surface area contributed by atoms with E-state index < -0.39 is 23.7 Å². The van der Waals surface area contributed by atoms with Crippen LogP contribution in [0.5, 0.6) is 0 Å². The molecule has 1 aromatic rings. The predicted molar refractivity (Wildman–Crippen MR) is 70.9 cm³/mol. The van der Waals surface area contributed by atoms with Crippen LogP contribution in [0.15, 0.2) is 30.3 Å². The second-order valence-electron chi connectivity index (χ2n) is 5.23. The Morgan fingerprint density at radius 3 is 2.32 bits per heavy atom. The van der Waals surface area contributed by atoms with Crippen molar-refractivity contribution < 1.29 is 19.4 Å². The standard InChI is InChI=1S/C14H19NO4/c1-14(2,3)19-13(18)15-11(12(16)17)9-10-7-5-4-6-8-10/h4-8,11H,9H2,1-3H3,(H,15,18)(H,16,17)/i12+1. The molecular weight excluding hydrogens is 247 g/mol. The highest BCUT2D eigenvalue weighted by Crippen LogP contribution is 2.08. The van der Waals surface area contributed by atoms with Crippen LogP contribution in [0.25, 0.3) is 0 Å². The van der Waals surface area contributed by atoms with E-state index in [4.69, 9.17) is 9.84 Å². The summed E-state index contributed by atoms with van der Waals surface area (Å²) in [6.07, 6.45) is -0.508. The third kappa shape index (κ3) is 5.90. The van der Waals surface area contributed by atoms with Crippen LogP contribution in [0.4, 0.5) is 4.79 Å². The highest BCUT2D eigenvalue weighted by Gasteiger charge is 2.23. The lowest BCUT2D eigenvalue weighted by atomic mass is 10.1. The van der Waals surface area contributed by atoms with E-state index in [2.05, 4.69) is 5.32 Å². The van der Waals surface area contributed by atoms with E-state index in [1.54, 1.807) is 20.8 Å². The molecule has 0 aliphatic carbocycles. The molecule has 1 amide bonds. The van der Waals surface area contributed by atoms with Crippen molar-refractivity contribution in [1.29, 1.82) is 0 Å². The number of aliphatic carboxylic acids is 1. The quantitative estimate of drug-likeness (QED) is 0.819. The van der Waals surface area contributed by atoms with Crippen molar-refractivity contribution >= 4 is 12.1 Å². The summed E-state index contributed by atoms with van der Waals surface area (Å²) < 4.78 is 5.04. The number of carbonyl (C=O) groups is 2. The number of hydrogen-bond donors (Lipinski definition) is 2. The third-order valence-electron chi connectivity index (χ3n) is 2.27. The van der Waals surface area contributed by atoms with Gasteiger partial charge in [-0.15, -0.1) is 0 Å². The fourth-order valence-corrected chi connectivity index (χ4v) is 1.50. The van der Waals surface area contributed by atoms with Crippen molar-refractivity contribution in [2.24, 2.45) is 0 Å². The molecule has 1 aromatic carbocycles. The molecule has 0 heterocycles. The summed E-state index contributed by atoms with van der Waals surface area (Å²) in [6, 6.07) is 8.11. The molecule has 0 spiro atoms. The first kappa shape index (κ1) is 15.0. The number of nitrogens with one attached hydrogen (secondary N) is 1. The first-order valence-corrected chi connectivity index (χ1v) is 6.04. The number of carbonyl (C=O) groups excluding carboxylic acids is 1. The van der Waals surface area contributed by atoms with Crippen molar-refractivity contribution in [3.63, 3.8) is 0 Å². The summed E-state index contributed by atoms with van der Waals surface area (Å²) in [5, 5.41) is 11.5. The number of carboxylic acids is 1. The molecule has 5 heteroatoms. The number of amides is 1. The first-order chi connectivity index (χ1) is 8.78. The zero-order chi connectivity index (χ0) is 14.5. The lowest BCUT2D eigenvalue weighted by Crippen LogP contribution is -2.44. The lowest BCUT2D eigenvalue weighted by molar-refractivity contribution is -0.139. The van der Waals surface area contributed by atoms with Crippen molar-refractivity contribution in [3.8, 4) is 0 Å². The molecule has 1 atom stereocenters. The van der Waals surface area contributed by atoms with E-state index >= 15 is 0 Å². The summed E-state index contributed by atoms with van der Waals surface area (Å²) >= 11 is 0. The molecule has 0 bridgehead atoms. The fourth-order valence-electron chi connectivity index (χ4n) is 1.50. The van der Waals surface area contributed by atoms with Crippen LogP contribution < -0.4 is 5.32 Å². The van der Waals surface area contributed by atoms with Crippen LogP contribution in [0.1, 0.15) is 26.3 Å². The van der Waals surface area contributed by atoms with Crippen molar-refractivity contribution in [2.45, 2.75) is 38.8 Å². The summed E-state index contributed by atoms with van der Waals surface area (Å²) in [4.78, 5) is 22.7. The molecule has 2 N–H and O–H groups in total. The summed E-state index contributed by atoms with van der Waals surface area (Å²) in [5.74, 6) is -1.09. The minimum atomic E-state index is -1.09. The molecule has 5 nitrogen and oxygen atoms in total. The average molecular weight is 266 g/mol. The lowest BCUT2D eigenvalue weighted by Gasteiger charge is -2.22. The molecule has 1 unspecified atom stereocenters. The Morgan fingerprint density at radius 2 is 1.84 bits per heavy atom. The van der Waals surface area contributed by atoms with Crippen LogP contribution in [0.2, 0.25) is 0 Å². The molecule has 0 aliphatic rings. The molecule has 19 heavy (non-hydrogen) atoms. The van der Waals surface area contributed by atoms with E-state index in [1.807, 2.05) is 30.3 Å². The van der Waals surface area contributed by atoms with Gasteiger partial charge >= 0.3 is 12.1 Å². The third-order valence-corrected chi connectivity index (χ3v) is 2.27. The van der Waals surface area contributed by atoms with Crippen molar-refractivity contribution in [3.05, 3.63) is 35.9 Å². The normalized spacial score (nSPS) is 12.6. The molecule has 0 aromatic heterocycles. The topological polar surface area (TPSA) is 75.6 Å². The van der Waals surface area contributed by atoms with E-state index in [0.29, 0.717) is 0 Å². The summed E-state index contributed by atoms with van der Waals surface area (Å²) in [7, 11) is 0. The van der Waals surface area contributed by atoms with Gasteiger partial charge in [0.1, 0.15) is 11.6 Å². The van der Waals surface area contributed by atoms with Gasteiger partial charge in [-0.05, 0) is 26.3 Å². The number of ether oxygens (including phenoxy) is 1. The predicted octanol–water partition coefficient (Wildman–Crippen LogP) is 2.21. The van der Waals surface area contributed by atoms with Gasteiger partial charge in [-0.3, -0.25) is 0 Å². The fraction of sp³-hybridized carbons (Fsp3) is 0.429. The Morgan fingerprint density at radius 1 is 1.26 bits per heavy atom. The smallest absolute Gasteiger partial charge is 0.408 e. The van der Waals surface area contributed by atoms with E-state index in [1.165, 1.54) is 0 Å². The van der Waals surface area contributed by atoms with E-state index in [9.17, 15) is 9.59 Å². The average Bonchev–Trinajstić information content (AvgIpc) is 2.26. The Kier molecular flexibility index (Phi) is 4.92. The minimum Gasteiger partial charge on any atom is -0.480 e. The summed E-state index contributed by atoms with van der Waals surface area (Å²) in [6.45, 7) is 5.17. The first-order valence-electron chi connectivity index (χ1n) is 6.04. The zero-order valence-corrected chi connectivity index (χ0v) is 11.3. The molecule has 0 fully saturated rings. The van der Waals surface area contributed by atoms with Gasteiger partial charge in [-0.2, -0.15) is 0 Å². The van der Waals surface area contributed by atoms with E-state index in [0.717, 1.165) is 5.56 Å². The van der Waals surface area contributed by atoms with Crippen LogP contribution in [-0.4, -0.2) is 28.8 Å². The number of rotatable bonds is 4. The molecular formula is C14H19NO4. The van der Waals surface area contributed by atoms with Gasteiger partial charge in [0, 0.05) is 6.42 Å². The van der Waals surface area contributed by atoms with Crippen LogP contribution in [0.3, 0.4) is 0 Å². The van der Waals surface area contributed by atoms with Crippen molar-refractivity contribution in [2.75, 3.05) is 0 Å². The van der Waals surface area contributed by atoms with Gasteiger partial charge in [0.2, 0.25) is 0 Å². The van der Waals surface area contributed by atoms with Gasteiger partial charge in [0.15, 0.2) is 0 Å². The summed E-state index contributed by atoms with van der Waals surface area (Å²) in [5.41, 5.74) is 0.186. The minimum absolute atomic E-state index is 0.218. The monoisotopic (exact) mass is 266 g/mol. The second kappa shape index (κ2) is 6.22. The van der Waals surface area contributed by atoms with Crippen molar-refractivity contribution in [1.82, 2.24) is 5.32 Å².